The number of benzene rings is 1. The first-order valence-electron chi connectivity index (χ1n) is 7.74. The predicted molar refractivity (Wildman–Crippen MR) is 88.9 cm³/mol. The van der Waals surface area contributed by atoms with Crippen LogP contribution in [0.5, 0.6) is 0 Å². The minimum atomic E-state index is -0.139. The van der Waals surface area contributed by atoms with E-state index in [9.17, 15) is 10.1 Å². The molecule has 23 heavy (non-hydrogen) atoms. The summed E-state index contributed by atoms with van der Waals surface area (Å²) in [6.07, 6.45) is 1.98. The van der Waals surface area contributed by atoms with Gasteiger partial charge in [-0.15, -0.1) is 0 Å². The van der Waals surface area contributed by atoms with E-state index in [1.165, 1.54) is 0 Å². The van der Waals surface area contributed by atoms with Gasteiger partial charge in [0.25, 0.3) is 0 Å². The first kappa shape index (κ1) is 16.0. The highest BCUT2D eigenvalue weighted by Gasteiger charge is 2.35. The zero-order valence-electron chi connectivity index (χ0n) is 13.4. The van der Waals surface area contributed by atoms with E-state index in [0.717, 1.165) is 42.8 Å². The van der Waals surface area contributed by atoms with Gasteiger partial charge in [-0.05, 0) is 37.5 Å². The Balaban J connectivity index is 2.03. The molecule has 0 saturated carbocycles. The number of fused-ring (bicyclic) bond motifs is 1. The number of ketones is 1. The number of ether oxygens (including phenoxy) is 1. The molecule has 0 aromatic heterocycles. The molecule has 0 unspecified atom stereocenters. The summed E-state index contributed by atoms with van der Waals surface area (Å²) in [4.78, 5) is 14.5. The number of carbonyl (C=O) groups excluding carboxylic acids is 1. The van der Waals surface area contributed by atoms with Crippen molar-refractivity contribution in [1.29, 1.82) is 5.26 Å². The summed E-state index contributed by atoms with van der Waals surface area (Å²) in [6, 6.07) is 7.65. The number of carbonyl (C=O) groups is 1. The summed E-state index contributed by atoms with van der Waals surface area (Å²) in [5, 5.41) is 10.1. The molecule has 1 heterocycles. The highest BCUT2D eigenvalue weighted by molar-refractivity contribution is 6.31. The van der Waals surface area contributed by atoms with Gasteiger partial charge in [-0.3, -0.25) is 4.79 Å². The quantitative estimate of drug-likeness (QED) is 0.835. The van der Waals surface area contributed by atoms with Crippen molar-refractivity contribution in [3.05, 3.63) is 39.9 Å². The summed E-state index contributed by atoms with van der Waals surface area (Å²) in [6.45, 7) is 3.61. The van der Waals surface area contributed by atoms with Gasteiger partial charge in [-0.25, -0.2) is 0 Å². The van der Waals surface area contributed by atoms with Crippen LogP contribution in [0.1, 0.15) is 30.9 Å². The Kier molecular flexibility index (Phi) is 4.18. The van der Waals surface area contributed by atoms with Crippen LogP contribution in [0, 0.1) is 11.3 Å². The summed E-state index contributed by atoms with van der Waals surface area (Å²) in [5.74, 6) is -0.114. The van der Waals surface area contributed by atoms with Crippen molar-refractivity contribution in [2.45, 2.75) is 31.8 Å². The minimum Gasteiger partial charge on any atom is -0.378 e. The van der Waals surface area contributed by atoms with Gasteiger partial charge in [0.1, 0.15) is 11.6 Å². The lowest BCUT2D eigenvalue weighted by Gasteiger charge is -2.41. The molecule has 0 bridgehead atoms. The molecule has 0 N–H and O–H groups in total. The highest BCUT2D eigenvalue weighted by atomic mass is 35.5. The van der Waals surface area contributed by atoms with Gasteiger partial charge in [-0.2, -0.15) is 5.26 Å². The van der Waals surface area contributed by atoms with Crippen LogP contribution in [0.15, 0.2) is 23.8 Å². The minimum absolute atomic E-state index is 0.114. The van der Waals surface area contributed by atoms with Crippen molar-refractivity contribution in [3.63, 3.8) is 0 Å². The number of nitriles is 1. The van der Waals surface area contributed by atoms with Gasteiger partial charge in [-0.1, -0.05) is 17.7 Å². The molecule has 2 aliphatic rings. The summed E-state index contributed by atoms with van der Waals surface area (Å²) >= 11 is 6.15. The molecular formula is C18H19ClN2O2. The molecule has 0 atom stereocenters. The van der Waals surface area contributed by atoms with Crippen LogP contribution in [0.25, 0.3) is 5.70 Å². The molecule has 4 nitrogen and oxygen atoms in total. The number of likely N-dealkylation sites (tertiary alicyclic amines) is 1. The second-order valence-electron chi connectivity index (χ2n) is 6.38. The molecular weight excluding hydrogens is 312 g/mol. The fraction of sp³-hybridized carbons (Fsp3) is 0.444. The Morgan fingerprint density at radius 1 is 1.35 bits per heavy atom. The molecule has 1 aliphatic heterocycles. The highest BCUT2D eigenvalue weighted by Crippen LogP contribution is 2.37. The molecule has 3 rings (SSSR count). The largest absolute Gasteiger partial charge is 0.378 e. The zero-order chi connectivity index (χ0) is 16.6. The number of hydrogen-bond acceptors (Lipinski definition) is 4. The number of piperidine rings is 1. The molecule has 120 valence electrons. The summed E-state index contributed by atoms with van der Waals surface area (Å²) in [5.41, 5.74) is 2.70. The average Bonchev–Trinajstić information content (AvgIpc) is 2.55. The average molecular weight is 331 g/mol. The summed E-state index contributed by atoms with van der Waals surface area (Å²) in [7, 11) is 1.73. The first-order chi connectivity index (χ1) is 11.0. The number of rotatable bonds is 2. The van der Waals surface area contributed by atoms with E-state index in [2.05, 4.69) is 17.9 Å². The van der Waals surface area contributed by atoms with Gasteiger partial charge < -0.3 is 9.64 Å². The second kappa shape index (κ2) is 5.99. The van der Waals surface area contributed by atoms with Crippen LogP contribution in [-0.4, -0.2) is 36.5 Å². The maximum atomic E-state index is 12.3. The van der Waals surface area contributed by atoms with Gasteiger partial charge in [0.15, 0.2) is 5.78 Å². The van der Waals surface area contributed by atoms with E-state index in [4.69, 9.17) is 16.3 Å². The monoisotopic (exact) mass is 330 g/mol. The fourth-order valence-corrected chi connectivity index (χ4v) is 3.47. The Bertz CT molecular complexity index is 725. The van der Waals surface area contributed by atoms with Crippen LogP contribution in [0.3, 0.4) is 0 Å². The van der Waals surface area contributed by atoms with E-state index >= 15 is 0 Å². The third-order valence-corrected chi connectivity index (χ3v) is 5.17. The Morgan fingerprint density at radius 2 is 2.04 bits per heavy atom. The number of hydrogen-bond donors (Lipinski definition) is 0. The molecule has 1 aliphatic carbocycles. The van der Waals surface area contributed by atoms with Crippen LogP contribution < -0.4 is 0 Å². The van der Waals surface area contributed by atoms with Crippen molar-refractivity contribution in [1.82, 2.24) is 4.90 Å². The van der Waals surface area contributed by atoms with Crippen LogP contribution in [0.4, 0.5) is 0 Å². The van der Waals surface area contributed by atoms with E-state index in [0.29, 0.717) is 5.02 Å². The molecule has 1 saturated heterocycles. The first-order valence-corrected chi connectivity index (χ1v) is 8.12. The Morgan fingerprint density at radius 3 is 2.65 bits per heavy atom. The molecule has 1 fully saturated rings. The molecule has 0 amide bonds. The topological polar surface area (TPSA) is 53.3 Å². The van der Waals surface area contributed by atoms with Crippen LogP contribution in [0.2, 0.25) is 5.02 Å². The second-order valence-corrected chi connectivity index (χ2v) is 6.81. The van der Waals surface area contributed by atoms with E-state index < -0.39 is 0 Å². The molecule has 1 aromatic rings. The summed E-state index contributed by atoms with van der Waals surface area (Å²) < 4.78 is 5.58. The molecule has 5 heteroatoms. The molecule has 0 spiro atoms. The lowest BCUT2D eigenvalue weighted by Crippen LogP contribution is -2.43. The number of halogens is 1. The molecule has 1 aromatic carbocycles. The zero-order valence-corrected chi connectivity index (χ0v) is 14.1. The SMILES string of the molecule is COC1(C)CCN(C2=C(C#N)C(=O)Cc3ccc(Cl)cc32)CC1. The maximum absolute atomic E-state index is 12.3. The number of methoxy groups -OCH3 is 1. The van der Waals surface area contributed by atoms with Gasteiger partial charge >= 0.3 is 0 Å². The number of allylic oxidation sites excluding steroid dienone is 1. The maximum Gasteiger partial charge on any atom is 0.179 e. The third-order valence-electron chi connectivity index (χ3n) is 4.94. The lowest BCUT2D eigenvalue weighted by atomic mass is 9.86. The van der Waals surface area contributed by atoms with Crippen molar-refractivity contribution in [2.75, 3.05) is 20.2 Å². The Labute approximate surface area is 141 Å². The smallest absolute Gasteiger partial charge is 0.179 e. The standard InChI is InChI=1S/C18H19ClN2O2/c1-18(23-2)5-7-21(8-6-18)17-14-10-13(19)4-3-12(14)9-16(22)15(17)11-20/h3-4,10H,5-9H2,1-2H3. The predicted octanol–water partition coefficient (Wildman–Crippen LogP) is 3.20. The van der Waals surface area contributed by atoms with Gasteiger partial charge in [0, 0.05) is 37.2 Å². The van der Waals surface area contributed by atoms with Crippen molar-refractivity contribution in [2.24, 2.45) is 0 Å². The fourth-order valence-electron chi connectivity index (χ4n) is 3.30. The lowest BCUT2D eigenvalue weighted by molar-refractivity contribution is -0.114. The third kappa shape index (κ3) is 2.87. The van der Waals surface area contributed by atoms with Gasteiger partial charge in [0.2, 0.25) is 0 Å². The van der Waals surface area contributed by atoms with E-state index in [1.54, 1.807) is 13.2 Å². The molecule has 0 radical (unpaired) electrons. The number of nitrogens with zero attached hydrogens (tertiary/aromatic N) is 2. The van der Waals surface area contributed by atoms with E-state index in [1.807, 2.05) is 12.1 Å². The van der Waals surface area contributed by atoms with Crippen molar-refractivity contribution < 1.29 is 9.53 Å². The van der Waals surface area contributed by atoms with Crippen molar-refractivity contribution >= 4 is 23.1 Å². The number of Topliss-reactive ketones (excluding diaryl/α,β-unsaturated/α-hetero) is 1. The van der Waals surface area contributed by atoms with Gasteiger partial charge in [0.05, 0.1) is 11.3 Å². The normalized spacial score (nSPS) is 20.3. The van der Waals surface area contributed by atoms with Crippen LogP contribution >= 0.6 is 11.6 Å². The van der Waals surface area contributed by atoms with Crippen LogP contribution in [-0.2, 0) is 16.0 Å². The van der Waals surface area contributed by atoms with Crippen molar-refractivity contribution in [3.8, 4) is 6.07 Å². The Hall–Kier alpha value is -1.83. The van der Waals surface area contributed by atoms with E-state index in [-0.39, 0.29) is 23.4 Å².